The molecule has 24 heavy (non-hydrogen) atoms. The highest BCUT2D eigenvalue weighted by molar-refractivity contribution is 5.88. The number of para-hydroxylation sites is 1. The maximum absolute atomic E-state index is 12.7. The SMILES string of the molecule is Cc1nnc([C@H]2CN(C(=O)Cc3c[nH]c4ccccc34)CCO2)o1. The summed E-state index contributed by atoms with van der Waals surface area (Å²) in [4.78, 5) is 17.7. The minimum absolute atomic E-state index is 0.0734. The van der Waals surface area contributed by atoms with E-state index in [1.807, 2.05) is 30.5 Å². The van der Waals surface area contributed by atoms with Gasteiger partial charge in [-0.15, -0.1) is 10.2 Å². The fourth-order valence-electron chi connectivity index (χ4n) is 3.02. The molecule has 3 aromatic rings. The molecule has 7 heteroatoms. The van der Waals surface area contributed by atoms with E-state index in [4.69, 9.17) is 9.15 Å². The summed E-state index contributed by atoms with van der Waals surface area (Å²) in [5.41, 5.74) is 2.05. The predicted octanol–water partition coefficient (Wildman–Crippen LogP) is 2.00. The van der Waals surface area contributed by atoms with Crippen LogP contribution in [-0.4, -0.2) is 45.7 Å². The van der Waals surface area contributed by atoms with E-state index in [1.165, 1.54) is 0 Å². The van der Waals surface area contributed by atoms with Crippen LogP contribution in [0.2, 0.25) is 0 Å². The zero-order valence-electron chi connectivity index (χ0n) is 13.4. The lowest BCUT2D eigenvalue weighted by atomic mass is 10.1. The van der Waals surface area contributed by atoms with Gasteiger partial charge in [0.15, 0.2) is 6.10 Å². The van der Waals surface area contributed by atoms with Crippen LogP contribution in [0.25, 0.3) is 10.9 Å². The number of aromatic amines is 1. The summed E-state index contributed by atoms with van der Waals surface area (Å²) in [6.07, 6.45) is 1.91. The van der Waals surface area contributed by atoms with E-state index < -0.39 is 0 Å². The molecule has 1 atom stereocenters. The highest BCUT2D eigenvalue weighted by Crippen LogP contribution is 2.23. The summed E-state index contributed by atoms with van der Waals surface area (Å²) < 4.78 is 11.1. The van der Waals surface area contributed by atoms with Crippen molar-refractivity contribution in [1.82, 2.24) is 20.1 Å². The Balaban J connectivity index is 1.48. The van der Waals surface area contributed by atoms with E-state index in [9.17, 15) is 4.79 Å². The number of nitrogens with zero attached hydrogens (tertiary/aromatic N) is 3. The molecule has 2 aromatic heterocycles. The van der Waals surface area contributed by atoms with E-state index in [0.29, 0.717) is 37.9 Å². The molecule has 0 aliphatic carbocycles. The van der Waals surface area contributed by atoms with Crippen molar-refractivity contribution in [1.29, 1.82) is 0 Å². The lowest BCUT2D eigenvalue weighted by Crippen LogP contribution is -2.43. The molecular formula is C17H18N4O3. The first-order chi connectivity index (χ1) is 11.7. The van der Waals surface area contributed by atoms with Crippen molar-refractivity contribution in [2.75, 3.05) is 19.7 Å². The minimum Gasteiger partial charge on any atom is -0.423 e. The van der Waals surface area contributed by atoms with Gasteiger partial charge < -0.3 is 19.0 Å². The van der Waals surface area contributed by atoms with Crippen molar-refractivity contribution in [2.45, 2.75) is 19.4 Å². The van der Waals surface area contributed by atoms with Crippen LogP contribution in [0.1, 0.15) is 23.4 Å². The fraction of sp³-hybridized carbons (Fsp3) is 0.353. The Morgan fingerprint density at radius 1 is 1.38 bits per heavy atom. The van der Waals surface area contributed by atoms with Crippen molar-refractivity contribution >= 4 is 16.8 Å². The molecule has 0 bridgehead atoms. The zero-order chi connectivity index (χ0) is 16.5. The third-order valence-corrected chi connectivity index (χ3v) is 4.25. The van der Waals surface area contributed by atoms with Gasteiger partial charge in [-0.25, -0.2) is 0 Å². The maximum Gasteiger partial charge on any atom is 0.246 e. The Morgan fingerprint density at radius 3 is 3.08 bits per heavy atom. The number of H-pyrrole nitrogens is 1. The molecule has 1 saturated heterocycles. The Hall–Kier alpha value is -2.67. The van der Waals surface area contributed by atoms with Crippen molar-refractivity contribution in [3.05, 3.63) is 47.8 Å². The highest BCUT2D eigenvalue weighted by Gasteiger charge is 2.29. The van der Waals surface area contributed by atoms with Crippen molar-refractivity contribution < 1.29 is 13.9 Å². The molecular weight excluding hydrogens is 308 g/mol. The molecule has 124 valence electrons. The summed E-state index contributed by atoms with van der Waals surface area (Å²) in [5, 5.41) is 8.90. The van der Waals surface area contributed by atoms with Crippen molar-refractivity contribution in [2.24, 2.45) is 0 Å². The lowest BCUT2D eigenvalue weighted by molar-refractivity contribution is -0.139. The zero-order valence-corrected chi connectivity index (χ0v) is 13.4. The molecule has 3 heterocycles. The Morgan fingerprint density at radius 2 is 2.25 bits per heavy atom. The number of rotatable bonds is 3. The van der Waals surface area contributed by atoms with Crippen LogP contribution in [-0.2, 0) is 16.0 Å². The third-order valence-electron chi connectivity index (χ3n) is 4.25. The summed E-state index contributed by atoms with van der Waals surface area (Å²) in [6.45, 7) is 3.21. The monoisotopic (exact) mass is 326 g/mol. The van der Waals surface area contributed by atoms with Crippen LogP contribution in [0.5, 0.6) is 0 Å². The van der Waals surface area contributed by atoms with E-state index in [2.05, 4.69) is 15.2 Å². The van der Waals surface area contributed by atoms with Gasteiger partial charge in [-0.05, 0) is 11.6 Å². The number of hydrogen-bond donors (Lipinski definition) is 1. The number of benzene rings is 1. The Bertz CT molecular complexity index is 869. The molecule has 1 N–H and O–H groups in total. The Labute approximate surface area is 138 Å². The summed E-state index contributed by atoms with van der Waals surface area (Å²) in [7, 11) is 0. The highest BCUT2D eigenvalue weighted by atomic mass is 16.5. The molecule has 1 aliphatic rings. The molecule has 4 rings (SSSR count). The van der Waals surface area contributed by atoms with Gasteiger partial charge in [-0.2, -0.15) is 0 Å². The van der Waals surface area contributed by atoms with Gasteiger partial charge >= 0.3 is 0 Å². The molecule has 1 aromatic carbocycles. The molecule has 1 aliphatic heterocycles. The Kier molecular flexibility index (Phi) is 3.78. The predicted molar refractivity (Wildman–Crippen MR) is 86.3 cm³/mol. The summed E-state index contributed by atoms with van der Waals surface area (Å²) in [6, 6.07) is 7.99. The number of fused-ring (bicyclic) bond motifs is 1. The van der Waals surface area contributed by atoms with Crippen molar-refractivity contribution in [3.63, 3.8) is 0 Å². The van der Waals surface area contributed by atoms with E-state index in [1.54, 1.807) is 11.8 Å². The van der Waals surface area contributed by atoms with Gasteiger partial charge in [0, 0.05) is 30.6 Å². The molecule has 1 fully saturated rings. The number of nitrogens with one attached hydrogen (secondary N) is 1. The number of carbonyl (C=O) groups excluding carboxylic acids is 1. The van der Waals surface area contributed by atoms with Gasteiger partial charge in [0.2, 0.25) is 17.7 Å². The summed E-state index contributed by atoms with van der Waals surface area (Å²) in [5.74, 6) is 0.997. The van der Waals surface area contributed by atoms with Crippen LogP contribution in [0.4, 0.5) is 0 Å². The topological polar surface area (TPSA) is 84.2 Å². The second-order valence-electron chi connectivity index (χ2n) is 5.89. The van der Waals surface area contributed by atoms with Gasteiger partial charge in [0.1, 0.15) is 0 Å². The van der Waals surface area contributed by atoms with Crippen LogP contribution in [0.15, 0.2) is 34.9 Å². The number of amides is 1. The molecule has 0 unspecified atom stereocenters. The van der Waals surface area contributed by atoms with Gasteiger partial charge in [-0.3, -0.25) is 4.79 Å². The lowest BCUT2D eigenvalue weighted by Gasteiger charge is -2.31. The molecule has 0 radical (unpaired) electrons. The van der Waals surface area contributed by atoms with E-state index in [0.717, 1.165) is 16.5 Å². The largest absolute Gasteiger partial charge is 0.423 e. The number of hydrogen-bond acceptors (Lipinski definition) is 5. The second kappa shape index (κ2) is 6.09. The minimum atomic E-state index is -0.355. The standard InChI is InChI=1S/C17H18N4O3/c1-11-19-20-17(24-11)15-10-21(6-7-23-15)16(22)8-12-9-18-14-5-3-2-4-13(12)14/h2-5,9,15,18H,6-8,10H2,1H3/t15-/m1/s1. The van der Waals surface area contributed by atoms with E-state index >= 15 is 0 Å². The number of aryl methyl sites for hydroxylation is 1. The first-order valence-electron chi connectivity index (χ1n) is 7.95. The van der Waals surface area contributed by atoms with Crippen LogP contribution in [0.3, 0.4) is 0 Å². The van der Waals surface area contributed by atoms with Crippen molar-refractivity contribution in [3.8, 4) is 0 Å². The average molecular weight is 326 g/mol. The number of morpholine rings is 1. The smallest absolute Gasteiger partial charge is 0.246 e. The molecule has 0 saturated carbocycles. The average Bonchev–Trinajstić information content (AvgIpc) is 3.22. The second-order valence-corrected chi connectivity index (χ2v) is 5.89. The van der Waals surface area contributed by atoms with Gasteiger partial charge in [0.25, 0.3) is 0 Å². The number of ether oxygens (including phenoxy) is 1. The number of aromatic nitrogens is 3. The van der Waals surface area contributed by atoms with Crippen LogP contribution < -0.4 is 0 Å². The summed E-state index contributed by atoms with van der Waals surface area (Å²) >= 11 is 0. The molecule has 1 amide bonds. The fourth-order valence-corrected chi connectivity index (χ4v) is 3.02. The molecule has 7 nitrogen and oxygen atoms in total. The maximum atomic E-state index is 12.7. The van der Waals surface area contributed by atoms with Crippen LogP contribution >= 0.6 is 0 Å². The quantitative estimate of drug-likeness (QED) is 0.796. The van der Waals surface area contributed by atoms with E-state index in [-0.39, 0.29) is 12.0 Å². The first kappa shape index (κ1) is 14.9. The number of carbonyl (C=O) groups is 1. The van der Waals surface area contributed by atoms with Gasteiger partial charge in [-0.1, -0.05) is 18.2 Å². The third kappa shape index (κ3) is 2.78. The first-order valence-corrected chi connectivity index (χ1v) is 7.95. The van der Waals surface area contributed by atoms with Gasteiger partial charge in [0.05, 0.1) is 19.6 Å². The van der Waals surface area contributed by atoms with Crippen LogP contribution in [0, 0.1) is 6.92 Å². The molecule has 0 spiro atoms. The normalized spacial score (nSPS) is 18.2.